The fourth-order valence-corrected chi connectivity index (χ4v) is 2.93. The number of hydrogen-bond acceptors (Lipinski definition) is 2. The van der Waals surface area contributed by atoms with Crippen molar-refractivity contribution in [1.29, 1.82) is 0 Å². The van der Waals surface area contributed by atoms with Crippen molar-refractivity contribution in [2.24, 2.45) is 5.92 Å². The Hall–Kier alpha value is -2.50. The van der Waals surface area contributed by atoms with E-state index in [0.29, 0.717) is 5.92 Å². The minimum absolute atomic E-state index is 0.0556. The highest BCUT2D eigenvalue weighted by Gasteiger charge is 2.33. The van der Waals surface area contributed by atoms with Crippen molar-refractivity contribution in [3.63, 3.8) is 0 Å². The lowest BCUT2D eigenvalue weighted by Gasteiger charge is -2.24. The first-order valence-electron chi connectivity index (χ1n) is 8.29. The Morgan fingerprint density at radius 1 is 1.32 bits per heavy atom. The molecule has 0 aliphatic heterocycles. The van der Waals surface area contributed by atoms with Crippen LogP contribution >= 0.6 is 0 Å². The van der Waals surface area contributed by atoms with Crippen molar-refractivity contribution in [3.05, 3.63) is 69.6 Å². The monoisotopic (exact) mass is 346 g/mol. The minimum Gasteiger partial charge on any atom is -0.339 e. The highest BCUT2D eigenvalue weighted by Crippen LogP contribution is 2.34. The molecule has 132 valence electrons. The summed E-state index contributed by atoms with van der Waals surface area (Å²) in [4.78, 5) is 26.9. The molecule has 0 bridgehead atoms. The van der Waals surface area contributed by atoms with Gasteiger partial charge in [-0.15, -0.1) is 0 Å². The van der Waals surface area contributed by atoms with Crippen LogP contribution in [0.15, 0.2) is 41.3 Å². The Balaban J connectivity index is 1.86. The van der Waals surface area contributed by atoms with Crippen LogP contribution in [0.3, 0.4) is 0 Å². The Morgan fingerprint density at radius 3 is 2.68 bits per heavy atom. The predicted molar refractivity (Wildman–Crippen MR) is 90.4 cm³/mol. The maximum atomic E-state index is 13.8. The maximum Gasteiger partial charge on any atom is 0.263 e. The summed E-state index contributed by atoms with van der Waals surface area (Å²) in [6.07, 6.45) is 3.69. The molecule has 1 saturated carbocycles. The minimum atomic E-state index is -0.719. The van der Waals surface area contributed by atoms with Crippen LogP contribution in [0.4, 0.5) is 8.78 Å². The Labute approximate surface area is 144 Å². The van der Waals surface area contributed by atoms with Crippen molar-refractivity contribution < 1.29 is 13.6 Å². The molecule has 1 aromatic carbocycles. The van der Waals surface area contributed by atoms with E-state index in [9.17, 15) is 18.4 Å². The van der Waals surface area contributed by atoms with Gasteiger partial charge in [-0.25, -0.2) is 8.78 Å². The van der Waals surface area contributed by atoms with Crippen LogP contribution in [0, 0.1) is 17.6 Å². The summed E-state index contributed by atoms with van der Waals surface area (Å²) >= 11 is 0. The van der Waals surface area contributed by atoms with E-state index in [1.807, 2.05) is 6.92 Å². The first kappa shape index (κ1) is 17.3. The lowest BCUT2D eigenvalue weighted by atomic mass is 10.1. The van der Waals surface area contributed by atoms with Gasteiger partial charge in [-0.1, -0.05) is 6.07 Å². The Bertz CT molecular complexity index is 859. The first-order valence-corrected chi connectivity index (χ1v) is 8.29. The molecule has 6 heteroatoms. The van der Waals surface area contributed by atoms with E-state index in [4.69, 9.17) is 0 Å². The molecule has 0 radical (unpaired) electrons. The van der Waals surface area contributed by atoms with Crippen LogP contribution < -0.4 is 5.56 Å². The SMILES string of the molecule is C[C@@H](C1CC1)N(C)C(=O)c1cccn(Cc2ccc(F)cc2F)c1=O. The smallest absolute Gasteiger partial charge is 0.263 e. The number of halogens is 2. The van der Waals surface area contributed by atoms with Gasteiger partial charge in [0.1, 0.15) is 17.2 Å². The molecule has 1 amide bonds. The number of amides is 1. The highest BCUT2D eigenvalue weighted by molar-refractivity contribution is 5.93. The van der Waals surface area contributed by atoms with Crippen molar-refractivity contribution in [3.8, 4) is 0 Å². The third-order valence-electron chi connectivity index (χ3n) is 4.84. The molecule has 1 aromatic heterocycles. The number of benzene rings is 1. The van der Waals surface area contributed by atoms with E-state index < -0.39 is 17.2 Å². The Morgan fingerprint density at radius 2 is 2.04 bits per heavy atom. The van der Waals surface area contributed by atoms with Gasteiger partial charge in [0.15, 0.2) is 0 Å². The number of pyridine rings is 1. The van der Waals surface area contributed by atoms with Gasteiger partial charge in [0, 0.05) is 30.9 Å². The molecular formula is C19H20F2N2O2. The number of carbonyl (C=O) groups excluding carboxylic acids is 1. The van der Waals surface area contributed by atoms with Gasteiger partial charge in [-0.05, 0) is 43.9 Å². The van der Waals surface area contributed by atoms with Crippen LogP contribution in [0.25, 0.3) is 0 Å². The van der Waals surface area contributed by atoms with Gasteiger partial charge in [0.05, 0.1) is 6.54 Å². The van der Waals surface area contributed by atoms with Gasteiger partial charge in [-0.2, -0.15) is 0 Å². The van der Waals surface area contributed by atoms with Crippen LogP contribution in [-0.4, -0.2) is 28.5 Å². The second-order valence-corrected chi connectivity index (χ2v) is 6.58. The molecule has 1 atom stereocenters. The van der Waals surface area contributed by atoms with E-state index >= 15 is 0 Å². The van der Waals surface area contributed by atoms with Gasteiger partial charge in [0.25, 0.3) is 11.5 Å². The normalized spacial score (nSPS) is 15.0. The molecule has 2 aromatic rings. The number of rotatable bonds is 5. The van der Waals surface area contributed by atoms with Gasteiger partial charge in [-0.3, -0.25) is 9.59 Å². The summed E-state index contributed by atoms with van der Waals surface area (Å²) in [7, 11) is 1.70. The summed E-state index contributed by atoms with van der Waals surface area (Å²) in [6, 6.07) is 6.37. The topological polar surface area (TPSA) is 42.3 Å². The van der Waals surface area contributed by atoms with Gasteiger partial charge in [0.2, 0.25) is 0 Å². The molecule has 4 nitrogen and oxygen atoms in total. The Kier molecular flexibility index (Phi) is 4.70. The van der Waals surface area contributed by atoms with Crippen molar-refractivity contribution in [2.75, 3.05) is 7.05 Å². The van der Waals surface area contributed by atoms with Gasteiger partial charge >= 0.3 is 0 Å². The molecule has 25 heavy (non-hydrogen) atoms. The molecular weight excluding hydrogens is 326 g/mol. The fourth-order valence-electron chi connectivity index (χ4n) is 2.93. The first-order chi connectivity index (χ1) is 11.9. The third kappa shape index (κ3) is 3.62. The van der Waals surface area contributed by atoms with E-state index in [2.05, 4.69) is 0 Å². The predicted octanol–water partition coefficient (Wildman–Crippen LogP) is 3.05. The zero-order valence-corrected chi connectivity index (χ0v) is 14.2. The lowest BCUT2D eigenvalue weighted by molar-refractivity contribution is 0.0725. The molecule has 0 N–H and O–H groups in total. The number of aromatic nitrogens is 1. The second kappa shape index (κ2) is 6.78. The van der Waals surface area contributed by atoms with E-state index in [1.54, 1.807) is 18.0 Å². The second-order valence-electron chi connectivity index (χ2n) is 6.58. The van der Waals surface area contributed by atoms with Crippen LogP contribution in [0.2, 0.25) is 0 Å². The van der Waals surface area contributed by atoms with E-state index in [0.717, 1.165) is 25.0 Å². The summed E-state index contributed by atoms with van der Waals surface area (Å²) in [5.41, 5.74) is -0.237. The van der Waals surface area contributed by atoms with Gasteiger partial charge < -0.3 is 9.47 Å². The average Bonchev–Trinajstić information content (AvgIpc) is 3.42. The van der Waals surface area contributed by atoms with Crippen LogP contribution in [-0.2, 0) is 6.54 Å². The van der Waals surface area contributed by atoms with Crippen LogP contribution in [0.5, 0.6) is 0 Å². The number of hydrogen-bond donors (Lipinski definition) is 0. The molecule has 1 fully saturated rings. The standard InChI is InChI=1S/C19H20F2N2O2/c1-12(13-5-6-13)22(2)18(24)16-4-3-9-23(19(16)25)11-14-7-8-15(20)10-17(14)21/h3-4,7-10,12-13H,5-6,11H2,1-2H3/t12-/m0/s1. The molecule has 1 heterocycles. The average molecular weight is 346 g/mol. The van der Waals surface area contributed by atoms with E-state index in [-0.39, 0.29) is 29.6 Å². The third-order valence-corrected chi connectivity index (χ3v) is 4.84. The zero-order chi connectivity index (χ0) is 18.1. The largest absolute Gasteiger partial charge is 0.339 e. The summed E-state index contributed by atoms with van der Waals surface area (Å²) in [5, 5.41) is 0. The number of nitrogens with zero attached hydrogens (tertiary/aromatic N) is 2. The molecule has 0 unspecified atom stereocenters. The molecule has 1 aliphatic carbocycles. The maximum absolute atomic E-state index is 13.8. The summed E-state index contributed by atoms with van der Waals surface area (Å²) in [6.45, 7) is 1.92. The van der Waals surface area contributed by atoms with Crippen molar-refractivity contribution in [1.82, 2.24) is 9.47 Å². The quantitative estimate of drug-likeness (QED) is 0.835. The molecule has 3 rings (SSSR count). The molecule has 1 aliphatic rings. The van der Waals surface area contributed by atoms with Crippen molar-refractivity contribution in [2.45, 2.75) is 32.4 Å². The molecule has 0 saturated heterocycles. The number of carbonyl (C=O) groups is 1. The molecule has 0 spiro atoms. The summed E-state index contributed by atoms with van der Waals surface area (Å²) in [5.74, 6) is -1.23. The van der Waals surface area contributed by atoms with E-state index in [1.165, 1.54) is 22.9 Å². The van der Waals surface area contributed by atoms with Crippen molar-refractivity contribution >= 4 is 5.91 Å². The van der Waals surface area contributed by atoms with Crippen LogP contribution in [0.1, 0.15) is 35.7 Å². The highest BCUT2D eigenvalue weighted by atomic mass is 19.1. The lowest BCUT2D eigenvalue weighted by Crippen LogP contribution is -2.40. The fraction of sp³-hybridized carbons (Fsp3) is 0.368. The summed E-state index contributed by atoms with van der Waals surface area (Å²) < 4.78 is 28.1. The zero-order valence-electron chi connectivity index (χ0n) is 14.2.